The number of likely N-dealkylation sites (N-methyl/N-ethyl adjacent to an activating group) is 1. The molecule has 0 N–H and O–H groups in total. The lowest BCUT2D eigenvalue weighted by Gasteiger charge is -2.29. The predicted molar refractivity (Wildman–Crippen MR) is 124 cm³/mol. The molecule has 2 aromatic rings. The van der Waals surface area contributed by atoms with E-state index in [2.05, 4.69) is 32.0 Å². The number of amides is 2. The van der Waals surface area contributed by atoms with Crippen LogP contribution < -0.4 is 0 Å². The molecule has 2 unspecified atom stereocenters. The van der Waals surface area contributed by atoms with Crippen molar-refractivity contribution in [1.82, 2.24) is 14.8 Å². The molecule has 172 valence electrons. The van der Waals surface area contributed by atoms with Gasteiger partial charge in [0.2, 0.25) is 12.1 Å². The molecule has 33 heavy (non-hydrogen) atoms. The minimum absolute atomic E-state index is 0.0340. The van der Waals surface area contributed by atoms with E-state index in [0.717, 1.165) is 16.5 Å². The number of benzene rings is 1. The second-order valence-electron chi connectivity index (χ2n) is 7.81. The highest BCUT2D eigenvalue weighted by Crippen LogP contribution is 2.26. The third kappa shape index (κ3) is 5.26. The molecule has 3 atom stereocenters. The van der Waals surface area contributed by atoms with Gasteiger partial charge in [-0.25, -0.2) is 4.79 Å². The van der Waals surface area contributed by atoms with Gasteiger partial charge in [-0.3, -0.25) is 14.7 Å². The normalized spacial score (nSPS) is 21.9. The Hall–Kier alpha value is -3.16. The third-order valence-electron chi connectivity index (χ3n) is 5.59. The minimum Gasteiger partial charge on any atom is -0.444 e. The summed E-state index contributed by atoms with van der Waals surface area (Å²) in [7, 11) is 1.62. The van der Waals surface area contributed by atoms with Crippen LogP contribution in [0.1, 0.15) is 18.4 Å². The summed E-state index contributed by atoms with van der Waals surface area (Å²) in [5, 5.41) is 4.78. The van der Waals surface area contributed by atoms with E-state index in [0.29, 0.717) is 17.5 Å². The fourth-order valence-electron chi connectivity index (χ4n) is 3.86. The maximum Gasteiger partial charge on any atom is 0.410 e. The number of oxime groups is 1. The number of terminal acetylenes is 1. The Morgan fingerprint density at radius 1 is 1.39 bits per heavy atom. The Morgan fingerprint density at radius 3 is 2.97 bits per heavy atom. The lowest BCUT2D eigenvalue weighted by atomic mass is 10.1. The number of pyridine rings is 1. The maximum absolute atomic E-state index is 13.2. The van der Waals surface area contributed by atoms with Crippen molar-refractivity contribution in [3.05, 3.63) is 42.1 Å². The number of aromatic nitrogens is 1. The van der Waals surface area contributed by atoms with Crippen LogP contribution >= 0.6 is 15.9 Å². The fraction of sp³-hybridized carbons (Fsp3) is 0.391. The monoisotopic (exact) mass is 514 g/mol. The van der Waals surface area contributed by atoms with E-state index in [-0.39, 0.29) is 31.8 Å². The molecular weight excluding hydrogens is 492 g/mol. The zero-order chi connectivity index (χ0) is 23.4. The molecule has 0 bridgehead atoms. The molecule has 1 aromatic carbocycles. The number of rotatable bonds is 6. The number of carbonyl (C=O) groups excluding carboxylic acids is 2. The van der Waals surface area contributed by atoms with Gasteiger partial charge in [0.15, 0.2) is 0 Å². The molecule has 2 aliphatic rings. The number of halogens is 1. The van der Waals surface area contributed by atoms with Crippen molar-refractivity contribution < 1.29 is 23.9 Å². The Bertz CT molecular complexity index is 1120. The number of carbonyl (C=O) groups is 2. The van der Waals surface area contributed by atoms with Crippen LogP contribution in [0.3, 0.4) is 0 Å². The van der Waals surface area contributed by atoms with Crippen LogP contribution in [0.25, 0.3) is 10.9 Å². The van der Waals surface area contributed by atoms with Gasteiger partial charge in [0, 0.05) is 30.6 Å². The van der Waals surface area contributed by atoms with Crippen molar-refractivity contribution >= 4 is 43.5 Å². The molecule has 0 spiro atoms. The van der Waals surface area contributed by atoms with Crippen molar-refractivity contribution in [2.24, 2.45) is 5.16 Å². The number of hydrogen-bond acceptors (Lipinski definition) is 7. The molecule has 2 aliphatic heterocycles. The summed E-state index contributed by atoms with van der Waals surface area (Å²) in [6, 6.07) is 8.85. The molecule has 1 aromatic heterocycles. The van der Waals surface area contributed by atoms with Gasteiger partial charge in [-0.1, -0.05) is 29.3 Å². The van der Waals surface area contributed by atoms with Crippen LogP contribution in [0.4, 0.5) is 4.79 Å². The van der Waals surface area contributed by atoms with Gasteiger partial charge in [-0.05, 0) is 28.1 Å². The van der Waals surface area contributed by atoms with Gasteiger partial charge in [0.05, 0.1) is 24.6 Å². The number of fused-ring (bicyclic) bond motifs is 1. The maximum atomic E-state index is 13.2. The second-order valence-corrected chi connectivity index (χ2v) is 8.73. The SMILES string of the molecule is C#CCOC1CC(C(=O)N(C)[C@@H]2CC(Br)=NO2)N(C(=O)OCc2cnc3ccccc3c2)C1. The lowest BCUT2D eigenvalue weighted by molar-refractivity contribution is -0.145. The zero-order valence-electron chi connectivity index (χ0n) is 18.0. The highest BCUT2D eigenvalue weighted by atomic mass is 79.9. The standard InChI is InChI=1S/C23H23BrN4O5/c1-3-8-31-17-10-19(22(29)27(2)21-11-20(24)26-33-21)28(13-17)23(30)32-14-15-9-16-6-4-5-7-18(16)25-12-15/h1,4-7,9,12,17,19,21H,8,10-11,13-14H2,2H3/t17?,19?,21-/m0/s1. The third-order valence-corrected chi connectivity index (χ3v) is 6.06. The first-order valence-corrected chi connectivity index (χ1v) is 11.2. The van der Waals surface area contributed by atoms with Crippen LogP contribution in [0, 0.1) is 12.3 Å². The van der Waals surface area contributed by atoms with Gasteiger partial charge in [0.25, 0.3) is 0 Å². The fourth-order valence-corrected chi connectivity index (χ4v) is 4.23. The number of para-hydroxylation sites is 1. The number of hydrogen-bond donors (Lipinski definition) is 0. The highest BCUT2D eigenvalue weighted by molar-refractivity contribution is 9.18. The largest absolute Gasteiger partial charge is 0.444 e. The summed E-state index contributed by atoms with van der Waals surface area (Å²) in [6.07, 6.45) is 6.20. The van der Waals surface area contributed by atoms with Gasteiger partial charge >= 0.3 is 6.09 Å². The quantitative estimate of drug-likeness (QED) is 0.550. The zero-order valence-corrected chi connectivity index (χ0v) is 19.6. The van der Waals surface area contributed by atoms with Crippen molar-refractivity contribution in [2.45, 2.75) is 37.8 Å². The molecular formula is C23H23BrN4O5. The Labute approximate surface area is 199 Å². The minimum atomic E-state index is -0.761. The highest BCUT2D eigenvalue weighted by Gasteiger charge is 2.44. The van der Waals surface area contributed by atoms with E-state index >= 15 is 0 Å². The van der Waals surface area contributed by atoms with Crippen LogP contribution in [-0.2, 0) is 25.7 Å². The lowest BCUT2D eigenvalue weighted by Crippen LogP contribution is -2.49. The second kappa shape index (κ2) is 10.2. The average Bonchev–Trinajstić information content (AvgIpc) is 3.46. The molecule has 3 heterocycles. The van der Waals surface area contributed by atoms with Crippen molar-refractivity contribution in [1.29, 1.82) is 0 Å². The summed E-state index contributed by atoms with van der Waals surface area (Å²) >= 11 is 3.27. The van der Waals surface area contributed by atoms with Gasteiger partial charge in [0.1, 0.15) is 23.9 Å². The van der Waals surface area contributed by atoms with Crippen molar-refractivity contribution in [3.63, 3.8) is 0 Å². The van der Waals surface area contributed by atoms with Crippen LogP contribution in [0.5, 0.6) is 0 Å². The molecule has 0 saturated carbocycles. The number of ether oxygens (including phenoxy) is 2. The first-order valence-electron chi connectivity index (χ1n) is 10.4. The van der Waals surface area contributed by atoms with E-state index in [4.69, 9.17) is 20.7 Å². The van der Waals surface area contributed by atoms with E-state index in [1.54, 1.807) is 13.2 Å². The number of nitrogens with zero attached hydrogens (tertiary/aromatic N) is 4. The van der Waals surface area contributed by atoms with Crippen LogP contribution in [0.2, 0.25) is 0 Å². The number of likely N-dealkylation sites (tertiary alicyclic amines) is 1. The summed E-state index contributed by atoms with van der Waals surface area (Å²) in [6.45, 7) is 0.332. The predicted octanol–water partition coefficient (Wildman–Crippen LogP) is 2.88. The smallest absolute Gasteiger partial charge is 0.410 e. The van der Waals surface area contributed by atoms with Crippen molar-refractivity contribution in [3.8, 4) is 12.3 Å². The summed E-state index contributed by atoms with van der Waals surface area (Å²) in [5.41, 5.74) is 1.61. The van der Waals surface area contributed by atoms with E-state index in [1.807, 2.05) is 30.3 Å². The molecule has 1 fully saturated rings. The van der Waals surface area contributed by atoms with E-state index in [1.165, 1.54) is 9.80 Å². The molecule has 1 saturated heterocycles. The summed E-state index contributed by atoms with van der Waals surface area (Å²) < 4.78 is 11.8. The first kappa shape index (κ1) is 23.0. The Morgan fingerprint density at radius 2 is 2.21 bits per heavy atom. The summed E-state index contributed by atoms with van der Waals surface area (Å²) in [4.78, 5) is 38.7. The van der Waals surface area contributed by atoms with Crippen LogP contribution in [0.15, 0.2) is 41.7 Å². The van der Waals surface area contributed by atoms with Gasteiger partial charge < -0.3 is 19.2 Å². The molecule has 0 radical (unpaired) electrons. The van der Waals surface area contributed by atoms with E-state index < -0.39 is 18.4 Å². The first-order chi connectivity index (χ1) is 16.0. The van der Waals surface area contributed by atoms with Gasteiger partial charge in [-0.15, -0.1) is 6.42 Å². The molecule has 4 rings (SSSR count). The van der Waals surface area contributed by atoms with Gasteiger partial charge in [-0.2, -0.15) is 0 Å². The Kier molecular flexibility index (Phi) is 7.11. The molecule has 0 aliphatic carbocycles. The Balaban J connectivity index is 1.44. The van der Waals surface area contributed by atoms with Crippen LogP contribution in [-0.4, -0.2) is 70.0 Å². The molecule has 2 amide bonds. The van der Waals surface area contributed by atoms with Crippen molar-refractivity contribution in [2.75, 3.05) is 20.2 Å². The average molecular weight is 515 g/mol. The molecule has 9 nitrogen and oxygen atoms in total. The molecule has 10 heteroatoms. The topological polar surface area (TPSA) is 93.6 Å². The van der Waals surface area contributed by atoms with E-state index in [9.17, 15) is 9.59 Å². The summed E-state index contributed by atoms with van der Waals surface area (Å²) in [5.74, 6) is 2.13.